The summed E-state index contributed by atoms with van der Waals surface area (Å²) in [6, 6.07) is 0. The van der Waals surface area contributed by atoms with Crippen molar-refractivity contribution < 1.29 is 19.4 Å². The summed E-state index contributed by atoms with van der Waals surface area (Å²) in [5.41, 5.74) is 0. The molecule has 14 heavy (non-hydrogen) atoms. The van der Waals surface area contributed by atoms with Gasteiger partial charge in [0.1, 0.15) is 6.29 Å². The molecule has 4 nitrogen and oxygen atoms in total. The number of carbonyl (C=O) groups is 1. The van der Waals surface area contributed by atoms with E-state index in [0.29, 0.717) is 13.2 Å². The van der Waals surface area contributed by atoms with Gasteiger partial charge in [0.2, 0.25) is 0 Å². The van der Waals surface area contributed by atoms with Gasteiger partial charge in [-0.25, -0.2) is 0 Å². The van der Waals surface area contributed by atoms with Crippen molar-refractivity contribution in [3.63, 3.8) is 0 Å². The van der Waals surface area contributed by atoms with Crippen LogP contribution in [0.3, 0.4) is 0 Å². The summed E-state index contributed by atoms with van der Waals surface area (Å²) in [5.74, 6) is -0.576. The lowest BCUT2D eigenvalue weighted by Gasteiger charge is -2.32. The van der Waals surface area contributed by atoms with Crippen molar-refractivity contribution in [1.82, 2.24) is 0 Å². The molecule has 1 saturated heterocycles. The molecular weight excluding hydrogens is 184 g/mol. The van der Waals surface area contributed by atoms with Crippen LogP contribution in [0, 0.1) is 5.92 Å². The van der Waals surface area contributed by atoms with E-state index in [1.165, 1.54) is 0 Å². The van der Waals surface area contributed by atoms with Gasteiger partial charge >= 0.3 is 0 Å². The Kier molecular flexibility index (Phi) is 9.98. The lowest BCUT2D eigenvalue weighted by Crippen LogP contribution is -2.39. The molecule has 0 saturated carbocycles. The average molecular weight is 204 g/mol. The van der Waals surface area contributed by atoms with E-state index in [1.54, 1.807) is 0 Å². The summed E-state index contributed by atoms with van der Waals surface area (Å²) in [6.07, 6.45) is 0.870. The Hall–Kier alpha value is -0.710. The molecule has 84 valence electrons. The quantitative estimate of drug-likeness (QED) is 0.511. The van der Waals surface area contributed by atoms with Crippen molar-refractivity contribution >= 4 is 6.29 Å². The van der Waals surface area contributed by atoms with Crippen molar-refractivity contribution in [2.24, 2.45) is 5.92 Å². The first-order valence-electron chi connectivity index (χ1n) is 4.32. The third-order valence-corrected chi connectivity index (χ3v) is 1.48. The molecule has 0 spiro atoms. The molecule has 0 atom stereocenters. The van der Waals surface area contributed by atoms with Gasteiger partial charge in [0.25, 0.3) is 0 Å². The Labute approximate surface area is 85.5 Å². The van der Waals surface area contributed by atoms with Crippen LogP contribution in [0.1, 0.15) is 13.8 Å². The minimum atomic E-state index is -0.500. The Morgan fingerprint density at radius 2 is 1.64 bits per heavy atom. The van der Waals surface area contributed by atoms with Crippen LogP contribution < -0.4 is 0 Å². The van der Waals surface area contributed by atoms with E-state index in [9.17, 15) is 4.79 Å². The molecule has 1 aliphatic heterocycles. The molecule has 0 amide bonds. The molecule has 0 aromatic rings. The zero-order chi connectivity index (χ0) is 11.6. The molecule has 0 aromatic heterocycles. The fourth-order valence-corrected chi connectivity index (χ4v) is 0.784. The zero-order valence-corrected chi connectivity index (χ0v) is 9.16. The SMILES string of the molecule is C=C.CC1(C)OCC(C=O)CO1.CO. The predicted octanol–water partition coefficient (Wildman–Crippen LogP) is 0.995. The summed E-state index contributed by atoms with van der Waals surface area (Å²) in [4.78, 5) is 10.2. The molecule has 0 aliphatic carbocycles. The fraction of sp³-hybridized carbons (Fsp3) is 0.700. The third kappa shape index (κ3) is 6.77. The Balaban J connectivity index is 0. The highest BCUT2D eigenvalue weighted by molar-refractivity contribution is 5.53. The molecule has 0 radical (unpaired) electrons. The Bertz CT molecular complexity index is 135. The highest BCUT2D eigenvalue weighted by Gasteiger charge is 2.27. The normalized spacial score (nSPS) is 19.4. The Morgan fingerprint density at radius 3 is 1.93 bits per heavy atom. The lowest BCUT2D eigenvalue weighted by molar-refractivity contribution is -0.256. The lowest BCUT2D eigenvalue weighted by atomic mass is 10.2. The summed E-state index contributed by atoms with van der Waals surface area (Å²) in [5, 5.41) is 7.00. The first-order valence-corrected chi connectivity index (χ1v) is 4.32. The summed E-state index contributed by atoms with van der Waals surface area (Å²) < 4.78 is 10.4. The van der Waals surface area contributed by atoms with Crippen LogP contribution in [0.5, 0.6) is 0 Å². The molecule has 0 unspecified atom stereocenters. The Morgan fingerprint density at radius 1 is 1.29 bits per heavy atom. The van der Waals surface area contributed by atoms with E-state index in [0.717, 1.165) is 13.4 Å². The smallest absolute Gasteiger partial charge is 0.162 e. The van der Waals surface area contributed by atoms with Crippen LogP contribution >= 0.6 is 0 Å². The zero-order valence-electron chi connectivity index (χ0n) is 9.16. The van der Waals surface area contributed by atoms with E-state index in [1.807, 2.05) is 13.8 Å². The van der Waals surface area contributed by atoms with Gasteiger partial charge in [0.05, 0.1) is 19.1 Å². The van der Waals surface area contributed by atoms with Crippen molar-refractivity contribution in [1.29, 1.82) is 0 Å². The number of aldehydes is 1. The van der Waals surface area contributed by atoms with Gasteiger partial charge in [-0.15, -0.1) is 13.2 Å². The second-order valence-electron chi connectivity index (χ2n) is 2.92. The fourth-order valence-electron chi connectivity index (χ4n) is 0.784. The topological polar surface area (TPSA) is 55.8 Å². The number of rotatable bonds is 1. The van der Waals surface area contributed by atoms with Gasteiger partial charge in [-0.2, -0.15) is 0 Å². The maximum atomic E-state index is 10.2. The van der Waals surface area contributed by atoms with Crippen LogP contribution in [0.4, 0.5) is 0 Å². The van der Waals surface area contributed by atoms with Crippen LogP contribution in [-0.2, 0) is 14.3 Å². The third-order valence-electron chi connectivity index (χ3n) is 1.48. The largest absolute Gasteiger partial charge is 0.400 e. The molecule has 1 heterocycles. The van der Waals surface area contributed by atoms with Crippen molar-refractivity contribution in [2.45, 2.75) is 19.6 Å². The molecule has 1 fully saturated rings. The first kappa shape index (κ1) is 15.7. The van der Waals surface area contributed by atoms with Crippen molar-refractivity contribution in [3.8, 4) is 0 Å². The maximum Gasteiger partial charge on any atom is 0.162 e. The predicted molar refractivity (Wildman–Crippen MR) is 54.9 cm³/mol. The molecule has 4 heteroatoms. The van der Waals surface area contributed by atoms with E-state index in [4.69, 9.17) is 14.6 Å². The summed E-state index contributed by atoms with van der Waals surface area (Å²) in [6.45, 7) is 10.6. The first-order chi connectivity index (χ1) is 6.64. The molecule has 0 bridgehead atoms. The van der Waals surface area contributed by atoms with Gasteiger partial charge in [0, 0.05) is 7.11 Å². The number of carbonyl (C=O) groups excluding carboxylic acids is 1. The van der Waals surface area contributed by atoms with Gasteiger partial charge in [0.15, 0.2) is 5.79 Å². The highest BCUT2D eigenvalue weighted by Crippen LogP contribution is 2.18. The summed E-state index contributed by atoms with van der Waals surface area (Å²) >= 11 is 0. The molecule has 0 aromatic carbocycles. The van der Waals surface area contributed by atoms with Gasteiger partial charge in [-0.3, -0.25) is 0 Å². The van der Waals surface area contributed by atoms with Crippen LogP contribution in [0.15, 0.2) is 13.2 Å². The van der Waals surface area contributed by atoms with Crippen molar-refractivity contribution in [2.75, 3.05) is 20.3 Å². The second-order valence-corrected chi connectivity index (χ2v) is 2.92. The molecule has 1 N–H and O–H groups in total. The van der Waals surface area contributed by atoms with Crippen LogP contribution in [0.25, 0.3) is 0 Å². The monoisotopic (exact) mass is 204 g/mol. The van der Waals surface area contributed by atoms with Crippen LogP contribution in [0.2, 0.25) is 0 Å². The number of hydrogen-bond donors (Lipinski definition) is 1. The number of hydrogen-bond acceptors (Lipinski definition) is 4. The van der Waals surface area contributed by atoms with Gasteiger partial charge in [-0.1, -0.05) is 0 Å². The maximum absolute atomic E-state index is 10.2. The van der Waals surface area contributed by atoms with Gasteiger partial charge < -0.3 is 19.4 Å². The average Bonchev–Trinajstić information content (AvgIpc) is 2.24. The van der Waals surface area contributed by atoms with Crippen molar-refractivity contribution in [3.05, 3.63) is 13.2 Å². The number of ether oxygens (including phenoxy) is 2. The molecule has 1 aliphatic rings. The standard InChI is InChI=1S/C7H12O3.C2H4.CH4O/c1-7(2)9-4-6(3-8)5-10-7;2*1-2/h3,6H,4-5H2,1-2H3;1-2H2;2H,1H3. The highest BCUT2D eigenvalue weighted by atomic mass is 16.7. The summed E-state index contributed by atoms with van der Waals surface area (Å²) in [7, 11) is 1.00. The van der Waals surface area contributed by atoms with E-state index in [2.05, 4.69) is 13.2 Å². The van der Waals surface area contributed by atoms with E-state index in [-0.39, 0.29) is 5.92 Å². The number of aliphatic hydroxyl groups is 1. The second kappa shape index (κ2) is 8.87. The van der Waals surface area contributed by atoms with Gasteiger partial charge in [-0.05, 0) is 13.8 Å². The van der Waals surface area contributed by atoms with Crippen LogP contribution in [-0.4, -0.2) is 37.5 Å². The number of aliphatic hydroxyl groups excluding tert-OH is 1. The van der Waals surface area contributed by atoms with E-state index >= 15 is 0 Å². The minimum absolute atomic E-state index is 0.0759. The molecular formula is C10H20O4. The minimum Gasteiger partial charge on any atom is -0.400 e. The van der Waals surface area contributed by atoms with E-state index < -0.39 is 5.79 Å². The molecule has 1 rings (SSSR count).